The lowest BCUT2D eigenvalue weighted by Gasteiger charge is -2.40. The first-order valence-electron chi connectivity index (χ1n) is 7.14. The van der Waals surface area contributed by atoms with Gasteiger partial charge in [0, 0.05) is 25.4 Å². The molecule has 1 aliphatic rings. The van der Waals surface area contributed by atoms with E-state index >= 15 is 0 Å². The number of carbonyl (C=O) groups is 1. The average Bonchev–Trinajstić information content (AvgIpc) is 2.35. The van der Waals surface area contributed by atoms with E-state index in [1.54, 1.807) is 0 Å². The molecule has 1 unspecified atom stereocenters. The van der Waals surface area contributed by atoms with E-state index in [0.717, 1.165) is 32.5 Å². The Balaban J connectivity index is 1.61. The minimum absolute atomic E-state index is 0.299. The van der Waals surface area contributed by atoms with Crippen LogP contribution in [0.1, 0.15) is 37.7 Å². The van der Waals surface area contributed by atoms with Crippen molar-refractivity contribution in [3.8, 4) is 0 Å². The lowest BCUT2D eigenvalue weighted by atomic mass is 9.90. The number of aliphatic carboxylic acids is 1. The molecule has 0 bridgehead atoms. The zero-order valence-electron chi connectivity index (χ0n) is 11.6. The number of nitrogens with zero attached hydrogens (tertiary/aromatic N) is 1. The van der Waals surface area contributed by atoms with E-state index in [1.807, 2.05) is 0 Å². The quantitative estimate of drug-likeness (QED) is 0.820. The van der Waals surface area contributed by atoms with Crippen LogP contribution in [-0.4, -0.2) is 35.6 Å². The van der Waals surface area contributed by atoms with Crippen molar-refractivity contribution < 1.29 is 9.90 Å². The molecule has 1 heterocycles. The molecule has 0 amide bonds. The van der Waals surface area contributed by atoms with E-state index in [4.69, 9.17) is 5.11 Å². The first-order valence-corrected chi connectivity index (χ1v) is 7.14. The highest BCUT2D eigenvalue weighted by atomic mass is 16.4. The van der Waals surface area contributed by atoms with Gasteiger partial charge in [0.15, 0.2) is 0 Å². The summed E-state index contributed by atoms with van der Waals surface area (Å²) < 4.78 is 0. The molecule has 19 heavy (non-hydrogen) atoms. The van der Waals surface area contributed by atoms with Gasteiger partial charge >= 0.3 is 5.97 Å². The second-order valence-corrected chi connectivity index (χ2v) is 5.69. The van der Waals surface area contributed by atoms with Gasteiger partial charge in [-0.15, -0.1) is 0 Å². The predicted molar refractivity (Wildman–Crippen MR) is 76.3 cm³/mol. The van der Waals surface area contributed by atoms with Crippen LogP contribution in [0.2, 0.25) is 0 Å². The molecule has 1 aliphatic heterocycles. The summed E-state index contributed by atoms with van der Waals surface area (Å²) in [5.74, 6) is 0.516. The highest BCUT2D eigenvalue weighted by molar-refractivity contribution is 5.66. The van der Waals surface area contributed by atoms with Crippen molar-refractivity contribution in [1.29, 1.82) is 0 Å². The SMILES string of the molecule is CC(CCC(=O)O)CCN1CC(c2ccccc2)C1. The van der Waals surface area contributed by atoms with Gasteiger partial charge in [-0.25, -0.2) is 0 Å². The Labute approximate surface area is 115 Å². The molecule has 3 nitrogen and oxygen atoms in total. The third-order valence-electron chi connectivity index (χ3n) is 4.02. The Morgan fingerprint density at radius 2 is 2.00 bits per heavy atom. The molecule has 1 N–H and O–H groups in total. The second-order valence-electron chi connectivity index (χ2n) is 5.69. The Hall–Kier alpha value is -1.35. The van der Waals surface area contributed by atoms with Crippen LogP contribution < -0.4 is 0 Å². The maximum Gasteiger partial charge on any atom is 0.303 e. The van der Waals surface area contributed by atoms with E-state index in [2.05, 4.69) is 42.2 Å². The molecule has 1 aromatic rings. The van der Waals surface area contributed by atoms with Crippen molar-refractivity contribution in [2.45, 2.75) is 32.1 Å². The maximum absolute atomic E-state index is 10.5. The lowest BCUT2D eigenvalue weighted by molar-refractivity contribution is -0.137. The normalized spacial score (nSPS) is 17.9. The first-order chi connectivity index (χ1) is 9.15. The molecule has 0 saturated carbocycles. The molecule has 104 valence electrons. The standard InChI is InChI=1S/C16H23NO2/c1-13(7-8-16(18)19)9-10-17-11-15(12-17)14-5-3-2-4-6-14/h2-6,13,15H,7-12H2,1H3,(H,18,19). The van der Waals surface area contributed by atoms with Crippen LogP contribution in [0.4, 0.5) is 0 Å². The van der Waals surface area contributed by atoms with Gasteiger partial charge < -0.3 is 10.0 Å². The van der Waals surface area contributed by atoms with Crippen molar-refractivity contribution in [2.24, 2.45) is 5.92 Å². The molecule has 1 saturated heterocycles. The first kappa shape index (κ1) is 14.1. The van der Waals surface area contributed by atoms with Crippen molar-refractivity contribution >= 4 is 5.97 Å². The van der Waals surface area contributed by atoms with E-state index in [0.29, 0.717) is 18.3 Å². The fourth-order valence-corrected chi connectivity index (χ4v) is 2.61. The fraction of sp³-hybridized carbons (Fsp3) is 0.562. The van der Waals surface area contributed by atoms with Crippen LogP contribution in [0.3, 0.4) is 0 Å². The minimum atomic E-state index is -0.681. The van der Waals surface area contributed by atoms with Gasteiger partial charge in [-0.2, -0.15) is 0 Å². The predicted octanol–water partition coefficient (Wildman–Crippen LogP) is 2.98. The fourth-order valence-electron chi connectivity index (χ4n) is 2.61. The van der Waals surface area contributed by atoms with Gasteiger partial charge in [-0.3, -0.25) is 4.79 Å². The maximum atomic E-state index is 10.5. The molecule has 0 aliphatic carbocycles. The largest absolute Gasteiger partial charge is 0.481 e. The van der Waals surface area contributed by atoms with Crippen molar-refractivity contribution in [2.75, 3.05) is 19.6 Å². The number of likely N-dealkylation sites (tertiary alicyclic amines) is 1. The van der Waals surface area contributed by atoms with Crippen LogP contribution in [0.5, 0.6) is 0 Å². The summed E-state index contributed by atoms with van der Waals surface area (Å²) >= 11 is 0. The van der Waals surface area contributed by atoms with E-state index in [-0.39, 0.29) is 0 Å². The zero-order valence-corrected chi connectivity index (χ0v) is 11.6. The van der Waals surface area contributed by atoms with Crippen LogP contribution in [0.15, 0.2) is 30.3 Å². The summed E-state index contributed by atoms with van der Waals surface area (Å²) in [5.41, 5.74) is 1.44. The number of hydrogen-bond acceptors (Lipinski definition) is 2. The summed E-state index contributed by atoms with van der Waals surface area (Å²) in [6, 6.07) is 10.7. The van der Waals surface area contributed by atoms with Gasteiger partial charge in [0.1, 0.15) is 0 Å². The molecule has 0 spiro atoms. The summed E-state index contributed by atoms with van der Waals surface area (Å²) in [4.78, 5) is 13.0. The van der Waals surface area contributed by atoms with Crippen LogP contribution >= 0.6 is 0 Å². The van der Waals surface area contributed by atoms with Gasteiger partial charge in [0.05, 0.1) is 0 Å². The van der Waals surface area contributed by atoms with Gasteiger partial charge in [-0.1, -0.05) is 37.3 Å². The number of benzene rings is 1. The number of rotatable bonds is 7. The molecule has 0 radical (unpaired) electrons. The molecular formula is C16H23NO2. The van der Waals surface area contributed by atoms with Crippen LogP contribution in [-0.2, 0) is 4.79 Å². The summed E-state index contributed by atoms with van der Waals surface area (Å²) in [7, 11) is 0. The Kier molecular flexibility index (Phi) is 4.97. The molecular weight excluding hydrogens is 238 g/mol. The van der Waals surface area contributed by atoms with E-state index in [9.17, 15) is 4.79 Å². The Morgan fingerprint density at radius 3 is 2.63 bits per heavy atom. The van der Waals surface area contributed by atoms with Crippen molar-refractivity contribution in [3.05, 3.63) is 35.9 Å². The number of carboxylic acid groups (broad SMARTS) is 1. The molecule has 2 rings (SSSR count). The Morgan fingerprint density at radius 1 is 1.32 bits per heavy atom. The van der Waals surface area contributed by atoms with Gasteiger partial charge in [0.2, 0.25) is 0 Å². The molecule has 1 atom stereocenters. The smallest absolute Gasteiger partial charge is 0.303 e. The van der Waals surface area contributed by atoms with E-state index in [1.165, 1.54) is 5.56 Å². The molecule has 0 aromatic heterocycles. The van der Waals surface area contributed by atoms with Gasteiger partial charge in [-0.05, 0) is 30.9 Å². The summed E-state index contributed by atoms with van der Waals surface area (Å²) in [6.07, 6.45) is 2.20. The number of hydrogen-bond donors (Lipinski definition) is 1. The second kappa shape index (κ2) is 6.71. The highest BCUT2D eigenvalue weighted by Crippen LogP contribution is 2.27. The monoisotopic (exact) mass is 261 g/mol. The molecule has 1 fully saturated rings. The lowest BCUT2D eigenvalue weighted by Crippen LogP contribution is -2.45. The van der Waals surface area contributed by atoms with Crippen LogP contribution in [0, 0.1) is 5.92 Å². The Bertz CT molecular complexity index is 398. The third kappa shape index (κ3) is 4.35. The highest BCUT2D eigenvalue weighted by Gasteiger charge is 2.27. The van der Waals surface area contributed by atoms with Crippen LogP contribution in [0.25, 0.3) is 0 Å². The summed E-state index contributed by atoms with van der Waals surface area (Å²) in [5, 5.41) is 8.65. The van der Waals surface area contributed by atoms with Crippen molar-refractivity contribution in [3.63, 3.8) is 0 Å². The van der Waals surface area contributed by atoms with Crippen molar-refractivity contribution in [1.82, 2.24) is 4.90 Å². The number of carboxylic acids is 1. The minimum Gasteiger partial charge on any atom is -0.481 e. The van der Waals surface area contributed by atoms with Gasteiger partial charge in [0.25, 0.3) is 0 Å². The average molecular weight is 261 g/mol. The summed E-state index contributed by atoms with van der Waals surface area (Å²) in [6.45, 7) is 5.55. The topological polar surface area (TPSA) is 40.5 Å². The molecule has 1 aromatic carbocycles. The third-order valence-corrected chi connectivity index (χ3v) is 4.02. The zero-order chi connectivity index (χ0) is 13.7. The molecule has 3 heteroatoms. The van der Waals surface area contributed by atoms with E-state index < -0.39 is 5.97 Å².